The summed E-state index contributed by atoms with van der Waals surface area (Å²) in [4.78, 5) is 18.1. The van der Waals surface area contributed by atoms with E-state index in [1.807, 2.05) is 31.2 Å². The number of aromatic nitrogens is 1. The normalized spacial score (nSPS) is 18.5. The summed E-state index contributed by atoms with van der Waals surface area (Å²) in [7, 11) is -1.47. The number of piperidine rings is 1. The number of aromatic amines is 1. The average molecular weight is 452 g/mol. The molecule has 0 amide bonds. The van der Waals surface area contributed by atoms with Crippen LogP contribution >= 0.6 is 0 Å². The largest absolute Gasteiger partial charge is 0.321 e. The molecule has 2 aromatic carbocycles. The average Bonchev–Trinajstić information content (AvgIpc) is 3.61. The van der Waals surface area contributed by atoms with Gasteiger partial charge in [0, 0.05) is 23.2 Å². The van der Waals surface area contributed by atoms with Crippen LogP contribution in [0.1, 0.15) is 31.2 Å². The monoisotopic (exact) mass is 451 g/mol. The minimum absolute atomic E-state index is 0.0724. The molecule has 0 bridgehead atoms. The standard InChI is InChI=1S/C25H29N3O3S/c1-17-4-3-5-22-23(17)16-24(26-25(22)29)18-6-10-21(11-7-18)32(30,31)28(19-8-9-19)20-12-14-27(2)15-13-20/h3-7,10-11,16,19-20H,8-9,12-15H2,1-2H3,(H,26,29). The van der Waals surface area contributed by atoms with Crippen LogP contribution < -0.4 is 5.56 Å². The van der Waals surface area contributed by atoms with Gasteiger partial charge >= 0.3 is 0 Å². The van der Waals surface area contributed by atoms with E-state index in [0.717, 1.165) is 55.3 Å². The zero-order valence-corrected chi connectivity index (χ0v) is 19.4. The predicted octanol–water partition coefficient (Wildman–Crippen LogP) is 3.75. The number of nitrogens with zero attached hydrogens (tertiary/aromatic N) is 2. The van der Waals surface area contributed by atoms with Crippen LogP contribution in [0.25, 0.3) is 22.0 Å². The molecule has 0 radical (unpaired) electrons. The highest BCUT2D eigenvalue weighted by Gasteiger charge is 2.43. The molecule has 168 valence electrons. The minimum Gasteiger partial charge on any atom is -0.321 e. The van der Waals surface area contributed by atoms with Crippen LogP contribution in [-0.2, 0) is 10.0 Å². The van der Waals surface area contributed by atoms with Crippen LogP contribution in [0.5, 0.6) is 0 Å². The Labute approximate surface area is 188 Å². The number of hydrogen-bond donors (Lipinski definition) is 1. The number of sulfonamides is 1. The highest BCUT2D eigenvalue weighted by Crippen LogP contribution is 2.37. The molecule has 1 aliphatic carbocycles. The number of H-pyrrole nitrogens is 1. The molecule has 2 aliphatic rings. The van der Waals surface area contributed by atoms with E-state index in [9.17, 15) is 13.2 Å². The summed E-state index contributed by atoms with van der Waals surface area (Å²) >= 11 is 0. The Morgan fingerprint density at radius 1 is 0.938 bits per heavy atom. The molecule has 7 heteroatoms. The molecule has 2 fully saturated rings. The first-order valence-electron chi connectivity index (χ1n) is 11.3. The summed E-state index contributed by atoms with van der Waals surface area (Å²) in [5.74, 6) is 0. The van der Waals surface area contributed by atoms with Gasteiger partial charge in [0.25, 0.3) is 5.56 Å². The fraction of sp³-hybridized carbons (Fsp3) is 0.400. The molecule has 0 unspecified atom stereocenters. The zero-order chi connectivity index (χ0) is 22.5. The summed E-state index contributed by atoms with van der Waals surface area (Å²) < 4.78 is 28.9. The van der Waals surface area contributed by atoms with Crippen molar-refractivity contribution < 1.29 is 8.42 Å². The maximum atomic E-state index is 13.6. The van der Waals surface area contributed by atoms with Gasteiger partial charge in [-0.25, -0.2) is 8.42 Å². The maximum absolute atomic E-state index is 13.6. The van der Waals surface area contributed by atoms with Crippen molar-refractivity contribution >= 4 is 20.8 Å². The lowest BCUT2D eigenvalue weighted by atomic mass is 10.0. The second-order valence-electron chi connectivity index (χ2n) is 9.17. The molecular formula is C25H29N3O3S. The molecule has 0 spiro atoms. The lowest BCUT2D eigenvalue weighted by Crippen LogP contribution is -2.47. The van der Waals surface area contributed by atoms with E-state index in [1.54, 1.807) is 28.6 Å². The first-order valence-corrected chi connectivity index (χ1v) is 12.7. The van der Waals surface area contributed by atoms with Gasteiger partial charge in [-0.1, -0.05) is 24.3 Å². The van der Waals surface area contributed by atoms with Crippen LogP contribution in [0.15, 0.2) is 58.2 Å². The molecule has 0 atom stereocenters. The van der Waals surface area contributed by atoms with Gasteiger partial charge in [-0.2, -0.15) is 4.31 Å². The molecular weight excluding hydrogens is 422 g/mol. The van der Waals surface area contributed by atoms with Crippen molar-refractivity contribution in [3.05, 3.63) is 64.4 Å². The van der Waals surface area contributed by atoms with Crippen molar-refractivity contribution in [2.24, 2.45) is 0 Å². The van der Waals surface area contributed by atoms with Gasteiger partial charge in [0.2, 0.25) is 10.0 Å². The Kier molecular flexibility index (Phi) is 5.43. The van der Waals surface area contributed by atoms with E-state index in [4.69, 9.17) is 0 Å². The van der Waals surface area contributed by atoms with Gasteiger partial charge < -0.3 is 9.88 Å². The van der Waals surface area contributed by atoms with Crippen molar-refractivity contribution in [1.82, 2.24) is 14.2 Å². The third kappa shape index (κ3) is 3.89. The molecule has 5 rings (SSSR count). The van der Waals surface area contributed by atoms with Gasteiger partial charge in [-0.15, -0.1) is 0 Å². The lowest BCUT2D eigenvalue weighted by molar-refractivity contribution is 0.178. The number of fused-ring (bicyclic) bond motifs is 1. The van der Waals surface area contributed by atoms with Crippen LogP contribution in [0, 0.1) is 6.92 Å². The Balaban J connectivity index is 1.47. The number of pyridine rings is 1. The number of hydrogen-bond acceptors (Lipinski definition) is 4. The number of aryl methyl sites for hydroxylation is 1. The van der Waals surface area contributed by atoms with E-state index >= 15 is 0 Å². The molecule has 1 aromatic heterocycles. The summed E-state index contributed by atoms with van der Waals surface area (Å²) in [5.41, 5.74) is 2.38. The highest BCUT2D eigenvalue weighted by molar-refractivity contribution is 7.89. The Morgan fingerprint density at radius 2 is 1.59 bits per heavy atom. The predicted molar refractivity (Wildman–Crippen MR) is 127 cm³/mol. The quantitative estimate of drug-likeness (QED) is 0.641. The molecule has 32 heavy (non-hydrogen) atoms. The number of likely N-dealkylation sites (tertiary alicyclic amines) is 1. The number of benzene rings is 2. The summed E-state index contributed by atoms with van der Waals surface area (Å²) in [5, 5.41) is 1.57. The van der Waals surface area contributed by atoms with Gasteiger partial charge in [0.05, 0.1) is 4.90 Å². The van der Waals surface area contributed by atoms with E-state index < -0.39 is 10.0 Å². The van der Waals surface area contributed by atoms with Crippen molar-refractivity contribution in [2.75, 3.05) is 20.1 Å². The van der Waals surface area contributed by atoms with E-state index in [1.165, 1.54) is 0 Å². The van der Waals surface area contributed by atoms with Gasteiger partial charge in [0.15, 0.2) is 0 Å². The Morgan fingerprint density at radius 3 is 2.25 bits per heavy atom. The zero-order valence-electron chi connectivity index (χ0n) is 18.5. The van der Waals surface area contributed by atoms with Gasteiger partial charge in [0.1, 0.15) is 0 Å². The van der Waals surface area contributed by atoms with Crippen molar-refractivity contribution in [2.45, 2.75) is 49.6 Å². The molecule has 1 N–H and O–H groups in total. The first kappa shape index (κ1) is 21.4. The van der Waals surface area contributed by atoms with E-state index in [-0.39, 0.29) is 17.6 Å². The molecule has 1 aliphatic heterocycles. The molecule has 1 saturated carbocycles. The third-order valence-corrected chi connectivity index (χ3v) is 8.82. The van der Waals surface area contributed by atoms with E-state index in [0.29, 0.717) is 16.0 Å². The summed E-state index contributed by atoms with van der Waals surface area (Å²) in [6, 6.07) is 14.8. The van der Waals surface area contributed by atoms with Gasteiger partial charge in [-0.3, -0.25) is 4.79 Å². The van der Waals surface area contributed by atoms with Crippen molar-refractivity contribution in [3.8, 4) is 11.3 Å². The second kappa shape index (κ2) is 8.14. The van der Waals surface area contributed by atoms with E-state index in [2.05, 4.69) is 16.9 Å². The maximum Gasteiger partial charge on any atom is 0.256 e. The highest BCUT2D eigenvalue weighted by atomic mass is 32.2. The number of rotatable bonds is 5. The fourth-order valence-electron chi connectivity index (χ4n) is 4.79. The lowest BCUT2D eigenvalue weighted by Gasteiger charge is -2.36. The Hall–Kier alpha value is -2.48. The minimum atomic E-state index is -3.56. The topological polar surface area (TPSA) is 73.5 Å². The third-order valence-electron chi connectivity index (χ3n) is 6.80. The SMILES string of the molecule is Cc1cccc2c(=O)[nH]c(-c3ccc(S(=O)(=O)N(C4CC4)C4CCN(C)CC4)cc3)cc12. The van der Waals surface area contributed by atoms with Crippen LogP contribution in [0.2, 0.25) is 0 Å². The summed E-state index contributed by atoms with van der Waals surface area (Å²) in [6.07, 6.45) is 3.65. The molecule has 3 aromatic rings. The van der Waals surface area contributed by atoms with Crippen molar-refractivity contribution in [3.63, 3.8) is 0 Å². The molecule has 2 heterocycles. The first-order chi connectivity index (χ1) is 15.3. The van der Waals surface area contributed by atoms with Crippen molar-refractivity contribution in [1.29, 1.82) is 0 Å². The van der Waals surface area contributed by atoms with Gasteiger partial charge in [-0.05, 0) is 93.5 Å². The van der Waals surface area contributed by atoms with Crippen LogP contribution in [-0.4, -0.2) is 54.8 Å². The van der Waals surface area contributed by atoms with Crippen LogP contribution in [0.3, 0.4) is 0 Å². The Bertz CT molecular complexity index is 1300. The fourth-order valence-corrected chi connectivity index (χ4v) is 6.72. The molecule has 6 nitrogen and oxygen atoms in total. The smallest absolute Gasteiger partial charge is 0.256 e. The summed E-state index contributed by atoms with van der Waals surface area (Å²) in [6.45, 7) is 3.84. The van der Waals surface area contributed by atoms with Crippen LogP contribution in [0.4, 0.5) is 0 Å². The number of nitrogens with one attached hydrogen (secondary N) is 1. The second-order valence-corrected chi connectivity index (χ2v) is 11.0. The molecule has 1 saturated heterocycles.